The fraction of sp³-hybridized carbons (Fsp3) is 0.462. The van der Waals surface area contributed by atoms with Gasteiger partial charge < -0.3 is 25.8 Å². The van der Waals surface area contributed by atoms with Crippen LogP contribution in [-0.4, -0.2) is 32.2 Å². The largest absolute Gasteiger partial charge is 0.486 e. The average Bonchev–Trinajstić information content (AvgIpc) is 2.39. The number of fused-ring (bicyclic) bond motifs is 1. The molecule has 0 radical (unpaired) electrons. The third kappa shape index (κ3) is 3.43. The van der Waals surface area contributed by atoms with E-state index in [9.17, 15) is 4.79 Å². The van der Waals surface area contributed by atoms with E-state index in [1.807, 2.05) is 13.0 Å². The van der Waals surface area contributed by atoms with Crippen molar-refractivity contribution in [3.63, 3.8) is 0 Å². The highest BCUT2D eigenvalue weighted by atomic mass is 16.6. The molecule has 0 saturated carbocycles. The molecule has 1 aromatic carbocycles. The Kier molecular flexibility index (Phi) is 4.33. The molecule has 1 heterocycles. The standard InChI is InChI=1S/C13H19N3O3/c1-2-15-13(17)3-4-16-10-8-12-11(7-9(10)14)18-5-6-19-12/h7-8,16H,2-6,14H2,1H3,(H,15,17). The summed E-state index contributed by atoms with van der Waals surface area (Å²) in [7, 11) is 0. The first-order valence-electron chi connectivity index (χ1n) is 6.40. The predicted molar refractivity (Wildman–Crippen MR) is 73.6 cm³/mol. The molecule has 1 aliphatic heterocycles. The molecule has 104 valence electrons. The molecular formula is C13H19N3O3. The molecule has 0 aromatic heterocycles. The summed E-state index contributed by atoms with van der Waals surface area (Å²) in [4.78, 5) is 11.3. The number of rotatable bonds is 5. The number of nitrogens with two attached hydrogens (primary N) is 1. The normalized spacial score (nSPS) is 12.9. The van der Waals surface area contributed by atoms with Crippen molar-refractivity contribution in [1.29, 1.82) is 0 Å². The SMILES string of the molecule is CCNC(=O)CCNc1cc2c(cc1N)OCCO2. The molecule has 0 saturated heterocycles. The van der Waals surface area contributed by atoms with Gasteiger partial charge in [0.05, 0.1) is 11.4 Å². The highest BCUT2D eigenvalue weighted by Crippen LogP contribution is 2.36. The summed E-state index contributed by atoms with van der Waals surface area (Å²) in [5.74, 6) is 1.37. The van der Waals surface area contributed by atoms with Gasteiger partial charge in [0.25, 0.3) is 0 Å². The Labute approximate surface area is 112 Å². The van der Waals surface area contributed by atoms with Gasteiger partial charge in [-0.3, -0.25) is 4.79 Å². The van der Waals surface area contributed by atoms with Gasteiger partial charge in [-0.2, -0.15) is 0 Å². The van der Waals surface area contributed by atoms with Crippen molar-refractivity contribution in [2.75, 3.05) is 37.4 Å². The summed E-state index contributed by atoms with van der Waals surface area (Å²) in [5.41, 5.74) is 7.26. The smallest absolute Gasteiger partial charge is 0.221 e. The van der Waals surface area contributed by atoms with Gasteiger partial charge in [-0.15, -0.1) is 0 Å². The number of anilines is 2. The molecular weight excluding hydrogens is 246 g/mol. The number of nitrogen functional groups attached to an aromatic ring is 1. The van der Waals surface area contributed by atoms with E-state index in [-0.39, 0.29) is 5.91 Å². The van der Waals surface area contributed by atoms with Crippen LogP contribution in [0, 0.1) is 0 Å². The lowest BCUT2D eigenvalue weighted by atomic mass is 10.2. The Morgan fingerprint density at radius 3 is 2.68 bits per heavy atom. The maximum Gasteiger partial charge on any atom is 0.221 e. The topological polar surface area (TPSA) is 85.6 Å². The van der Waals surface area contributed by atoms with Crippen molar-refractivity contribution in [1.82, 2.24) is 5.32 Å². The first-order chi connectivity index (χ1) is 9.20. The van der Waals surface area contributed by atoms with Crippen molar-refractivity contribution >= 4 is 17.3 Å². The third-order valence-corrected chi connectivity index (χ3v) is 2.76. The molecule has 0 fully saturated rings. The van der Waals surface area contributed by atoms with Crippen LogP contribution >= 0.6 is 0 Å². The zero-order valence-electron chi connectivity index (χ0n) is 11.0. The van der Waals surface area contributed by atoms with Crippen LogP contribution in [0.5, 0.6) is 11.5 Å². The number of ether oxygens (including phenoxy) is 2. The Bertz CT molecular complexity index is 463. The van der Waals surface area contributed by atoms with Crippen molar-refractivity contribution in [2.45, 2.75) is 13.3 Å². The molecule has 1 aromatic rings. The number of carbonyl (C=O) groups excluding carboxylic acids is 1. The molecule has 6 heteroatoms. The minimum absolute atomic E-state index is 0.0196. The van der Waals surface area contributed by atoms with E-state index >= 15 is 0 Å². The van der Waals surface area contributed by atoms with Crippen molar-refractivity contribution < 1.29 is 14.3 Å². The van der Waals surface area contributed by atoms with E-state index in [4.69, 9.17) is 15.2 Å². The Balaban J connectivity index is 1.95. The molecule has 0 atom stereocenters. The van der Waals surface area contributed by atoms with Gasteiger partial charge in [0.1, 0.15) is 13.2 Å². The van der Waals surface area contributed by atoms with Crippen molar-refractivity contribution in [2.24, 2.45) is 0 Å². The van der Waals surface area contributed by atoms with E-state index in [2.05, 4.69) is 10.6 Å². The maximum absolute atomic E-state index is 11.3. The highest BCUT2D eigenvalue weighted by Gasteiger charge is 2.14. The Hall–Kier alpha value is -2.11. The third-order valence-electron chi connectivity index (χ3n) is 2.76. The van der Waals surface area contributed by atoms with Crippen LogP contribution in [-0.2, 0) is 4.79 Å². The average molecular weight is 265 g/mol. The summed E-state index contributed by atoms with van der Waals surface area (Å²) in [6.07, 6.45) is 0.404. The van der Waals surface area contributed by atoms with Crippen LogP contribution in [0.15, 0.2) is 12.1 Å². The zero-order chi connectivity index (χ0) is 13.7. The number of hydrogen-bond donors (Lipinski definition) is 3. The van der Waals surface area contributed by atoms with Gasteiger partial charge >= 0.3 is 0 Å². The summed E-state index contributed by atoms with van der Waals surface area (Å²) < 4.78 is 10.9. The number of benzene rings is 1. The number of nitrogens with one attached hydrogen (secondary N) is 2. The molecule has 1 aliphatic rings. The fourth-order valence-corrected chi connectivity index (χ4v) is 1.85. The Morgan fingerprint density at radius 2 is 2.00 bits per heavy atom. The minimum Gasteiger partial charge on any atom is -0.486 e. The molecule has 0 unspecified atom stereocenters. The zero-order valence-corrected chi connectivity index (χ0v) is 11.0. The van der Waals surface area contributed by atoms with E-state index in [0.29, 0.717) is 49.9 Å². The van der Waals surface area contributed by atoms with Gasteiger partial charge in [0.15, 0.2) is 11.5 Å². The van der Waals surface area contributed by atoms with Crippen LogP contribution in [0.1, 0.15) is 13.3 Å². The molecule has 4 N–H and O–H groups in total. The van der Waals surface area contributed by atoms with Gasteiger partial charge in [0.2, 0.25) is 5.91 Å². The number of carbonyl (C=O) groups is 1. The summed E-state index contributed by atoms with van der Waals surface area (Å²) >= 11 is 0. The van der Waals surface area contributed by atoms with Crippen LogP contribution in [0.4, 0.5) is 11.4 Å². The molecule has 1 amide bonds. The second-order valence-corrected chi connectivity index (χ2v) is 4.21. The van der Waals surface area contributed by atoms with E-state index in [0.717, 1.165) is 5.69 Å². The highest BCUT2D eigenvalue weighted by molar-refractivity contribution is 5.77. The fourth-order valence-electron chi connectivity index (χ4n) is 1.85. The number of amides is 1. The van der Waals surface area contributed by atoms with Crippen LogP contribution < -0.4 is 25.8 Å². The molecule has 19 heavy (non-hydrogen) atoms. The predicted octanol–water partition coefficient (Wildman–Crippen LogP) is 0.978. The lowest BCUT2D eigenvalue weighted by Gasteiger charge is -2.20. The van der Waals surface area contributed by atoms with Gasteiger partial charge in [0, 0.05) is 31.6 Å². The van der Waals surface area contributed by atoms with Gasteiger partial charge in [-0.1, -0.05) is 0 Å². The maximum atomic E-state index is 11.3. The monoisotopic (exact) mass is 265 g/mol. The van der Waals surface area contributed by atoms with Crippen molar-refractivity contribution in [3.05, 3.63) is 12.1 Å². The number of hydrogen-bond acceptors (Lipinski definition) is 5. The second-order valence-electron chi connectivity index (χ2n) is 4.21. The molecule has 6 nitrogen and oxygen atoms in total. The molecule has 0 bridgehead atoms. The molecule has 2 rings (SSSR count). The lowest BCUT2D eigenvalue weighted by Crippen LogP contribution is -2.24. The second kappa shape index (κ2) is 6.17. The quantitative estimate of drug-likeness (QED) is 0.691. The van der Waals surface area contributed by atoms with Crippen LogP contribution in [0.2, 0.25) is 0 Å². The van der Waals surface area contributed by atoms with E-state index < -0.39 is 0 Å². The first-order valence-corrected chi connectivity index (χ1v) is 6.40. The summed E-state index contributed by atoms with van der Waals surface area (Å²) in [6.45, 7) is 4.14. The summed E-state index contributed by atoms with van der Waals surface area (Å²) in [6, 6.07) is 3.55. The lowest BCUT2D eigenvalue weighted by molar-refractivity contribution is -0.120. The van der Waals surface area contributed by atoms with Gasteiger partial charge in [-0.25, -0.2) is 0 Å². The van der Waals surface area contributed by atoms with Gasteiger partial charge in [-0.05, 0) is 6.92 Å². The minimum atomic E-state index is 0.0196. The van der Waals surface area contributed by atoms with Crippen molar-refractivity contribution in [3.8, 4) is 11.5 Å². The summed E-state index contributed by atoms with van der Waals surface area (Å²) in [5, 5.41) is 5.87. The van der Waals surface area contributed by atoms with E-state index in [1.54, 1.807) is 6.07 Å². The van der Waals surface area contributed by atoms with E-state index in [1.165, 1.54) is 0 Å². The molecule has 0 aliphatic carbocycles. The van der Waals surface area contributed by atoms with Crippen LogP contribution in [0.3, 0.4) is 0 Å². The van der Waals surface area contributed by atoms with Crippen LogP contribution in [0.25, 0.3) is 0 Å². The Morgan fingerprint density at radius 1 is 1.32 bits per heavy atom. The molecule has 0 spiro atoms. The first kappa shape index (κ1) is 13.3.